The number of halogens is 4. The number of nitrogens with two attached hydrogens (primary N) is 1. The van der Waals surface area contributed by atoms with Crippen LogP contribution in [0.2, 0.25) is 5.02 Å². The molecule has 40 heavy (non-hydrogen) atoms. The lowest BCUT2D eigenvalue weighted by atomic mass is 10.0. The van der Waals surface area contributed by atoms with Gasteiger partial charge in [0.1, 0.15) is 6.04 Å². The molecule has 3 heterocycles. The summed E-state index contributed by atoms with van der Waals surface area (Å²) >= 11 is 6.12. The minimum absolute atomic E-state index is 0.0779. The van der Waals surface area contributed by atoms with Crippen LogP contribution in [0.25, 0.3) is 22.6 Å². The molecule has 2 atom stereocenters. The predicted octanol–water partition coefficient (Wildman–Crippen LogP) is 5.18. The van der Waals surface area contributed by atoms with Crippen molar-refractivity contribution >= 4 is 23.2 Å². The number of nitrogens with zero attached hydrogens (tertiary/aromatic N) is 5. The molecule has 0 bridgehead atoms. The maximum absolute atomic E-state index is 14.5. The first-order valence-electron chi connectivity index (χ1n) is 12.0. The summed E-state index contributed by atoms with van der Waals surface area (Å²) in [4.78, 5) is 19.4. The van der Waals surface area contributed by atoms with Gasteiger partial charge in [-0.05, 0) is 37.1 Å². The first kappa shape index (κ1) is 27.2. The maximum atomic E-state index is 14.5. The molecular formula is C27H22ClF3N6O3. The highest BCUT2D eigenvalue weighted by Crippen LogP contribution is 2.40. The van der Waals surface area contributed by atoms with E-state index in [1.54, 1.807) is 54.0 Å². The van der Waals surface area contributed by atoms with E-state index in [4.69, 9.17) is 27.2 Å². The molecule has 2 aromatic carbocycles. The zero-order chi connectivity index (χ0) is 28.6. The van der Waals surface area contributed by atoms with Crippen LogP contribution in [-0.2, 0) is 11.2 Å². The van der Waals surface area contributed by atoms with Gasteiger partial charge in [0.15, 0.2) is 0 Å². The van der Waals surface area contributed by atoms with Gasteiger partial charge in [-0.3, -0.25) is 9.20 Å². The molecule has 0 spiro atoms. The predicted molar refractivity (Wildman–Crippen MR) is 140 cm³/mol. The third-order valence-corrected chi connectivity index (χ3v) is 6.42. The van der Waals surface area contributed by atoms with Gasteiger partial charge in [-0.2, -0.15) is 18.3 Å². The van der Waals surface area contributed by atoms with Crippen molar-refractivity contribution in [1.29, 1.82) is 0 Å². The Kier molecular flexibility index (Phi) is 7.21. The SMILES string of the molecule is Cc1ccn(-c2cc(Cl)ccc2C(Oc2nccn3c(-c4ccc(CC(N)C(=O)O)cc4)cnc23)C(F)(F)F)n1. The highest BCUT2D eigenvalue weighted by atomic mass is 35.5. The third kappa shape index (κ3) is 5.49. The molecule has 13 heteroatoms. The van der Waals surface area contributed by atoms with Crippen molar-refractivity contribution in [2.75, 3.05) is 0 Å². The van der Waals surface area contributed by atoms with E-state index < -0.39 is 24.3 Å². The molecule has 3 N–H and O–H groups in total. The van der Waals surface area contributed by atoms with Gasteiger partial charge < -0.3 is 15.6 Å². The molecule has 0 aliphatic heterocycles. The normalized spacial score (nSPS) is 13.3. The van der Waals surface area contributed by atoms with Gasteiger partial charge in [-0.25, -0.2) is 14.6 Å². The summed E-state index contributed by atoms with van der Waals surface area (Å²) < 4.78 is 51.8. The second kappa shape index (κ2) is 10.6. The fourth-order valence-corrected chi connectivity index (χ4v) is 4.42. The Morgan fingerprint density at radius 1 is 1.12 bits per heavy atom. The Balaban J connectivity index is 1.51. The molecule has 0 aliphatic rings. The number of imidazole rings is 1. The number of rotatable bonds is 8. The second-order valence-corrected chi connectivity index (χ2v) is 9.50. The number of aromatic nitrogens is 5. The number of hydrogen-bond acceptors (Lipinski definition) is 6. The average molecular weight is 571 g/mol. The fourth-order valence-electron chi connectivity index (χ4n) is 4.25. The topological polar surface area (TPSA) is 121 Å². The highest BCUT2D eigenvalue weighted by Gasteiger charge is 2.45. The minimum atomic E-state index is -4.82. The number of carboxylic acids is 1. The Hall–Kier alpha value is -4.42. The number of aryl methyl sites for hydroxylation is 1. The lowest BCUT2D eigenvalue weighted by Gasteiger charge is -2.24. The highest BCUT2D eigenvalue weighted by molar-refractivity contribution is 6.30. The van der Waals surface area contributed by atoms with E-state index in [-0.39, 0.29) is 34.2 Å². The van der Waals surface area contributed by atoms with Gasteiger partial charge in [-0.1, -0.05) is 41.9 Å². The first-order valence-corrected chi connectivity index (χ1v) is 12.3. The van der Waals surface area contributed by atoms with Crippen LogP contribution in [0.1, 0.15) is 22.9 Å². The Morgan fingerprint density at radius 3 is 2.52 bits per heavy atom. The van der Waals surface area contributed by atoms with E-state index in [9.17, 15) is 18.0 Å². The van der Waals surface area contributed by atoms with Crippen molar-refractivity contribution in [2.45, 2.75) is 31.7 Å². The standard InChI is InChI=1S/C27H22ClF3N6O3/c1-15-8-10-37(35-15)21-13-18(28)6-7-19(21)23(27(29,30)31)40-25-24-34-14-22(36(24)11-9-33-25)17-4-2-16(3-5-17)12-20(32)26(38)39/h2-11,13-14,20,23H,12,32H2,1H3,(H,38,39). The summed E-state index contributed by atoms with van der Waals surface area (Å²) in [6.45, 7) is 1.72. The van der Waals surface area contributed by atoms with Crippen LogP contribution in [0.3, 0.4) is 0 Å². The summed E-state index contributed by atoms with van der Waals surface area (Å²) in [5.41, 5.74) is 8.19. The number of ether oxygens (including phenoxy) is 1. The fraction of sp³-hybridized carbons (Fsp3) is 0.185. The molecule has 0 saturated carbocycles. The summed E-state index contributed by atoms with van der Waals surface area (Å²) in [5, 5.41) is 13.5. The average Bonchev–Trinajstić information content (AvgIpc) is 3.54. The Labute approximate surface area is 230 Å². The van der Waals surface area contributed by atoms with E-state index in [0.717, 1.165) is 5.56 Å². The number of aliphatic carboxylic acids is 1. The number of hydrogen-bond donors (Lipinski definition) is 2. The van der Waals surface area contributed by atoms with Crippen molar-refractivity contribution in [3.05, 3.63) is 95.2 Å². The van der Waals surface area contributed by atoms with Gasteiger partial charge in [0.2, 0.25) is 11.8 Å². The molecule has 0 aliphatic carbocycles. The molecule has 0 amide bonds. The first-order chi connectivity index (χ1) is 19.0. The Bertz CT molecular complexity index is 1680. The van der Waals surface area contributed by atoms with Crippen LogP contribution in [0.5, 0.6) is 5.88 Å². The van der Waals surface area contributed by atoms with Crippen LogP contribution in [0.15, 0.2) is 73.3 Å². The molecule has 0 fully saturated rings. The summed E-state index contributed by atoms with van der Waals surface area (Å²) in [7, 11) is 0. The molecule has 5 rings (SSSR count). The van der Waals surface area contributed by atoms with Gasteiger partial charge in [0, 0.05) is 34.7 Å². The largest absolute Gasteiger partial charge is 0.480 e. The van der Waals surface area contributed by atoms with Crippen molar-refractivity contribution in [3.8, 4) is 22.8 Å². The van der Waals surface area contributed by atoms with Gasteiger partial charge in [-0.15, -0.1) is 0 Å². The number of fused-ring (bicyclic) bond motifs is 1. The molecule has 206 valence electrons. The number of benzene rings is 2. The summed E-state index contributed by atoms with van der Waals surface area (Å²) in [6, 6.07) is 11.6. The summed E-state index contributed by atoms with van der Waals surface area (Å²) in [6.07, 6.45) is -1.16. The monoisotopic (exact) mass is 570 g/mol. The van der Waals surface area contributed by atoms with Crippen LogP contribution in [0, 0.1) is 6.92 Å². The molecule has 3 aromatic heterocycles. The molecule has 2 unspecified atom stereocenters. The summed E-state index contributed by atoms with van der Waals surface area (Å²) in [5.74, 6) is -1.42. The van der Waals surface area contributed by atoms with Crippen LogP contribution >= 0.6 is 11.6 Å². The molecule has 0 radical (unpaired) electrons. The van der Waals surface area contributed by atoms with Crippen LogP contribution in [-0.4, -0.2) is 47.4 Å². The van der Waals surface area contributed by atoms with Gasteiger partial charge in [0.05, 0.1) is 23.3 Å². The van der Waals surface area contributed by atoms with Crippen molar-refractivity contribution in [3.63, 3.8) is 0 Å². The van der Waals surface area contributed by atoms with Gasteiger partial charge >= 0.3 is 12.1 Å². The van der Waals surface area contributed by atoms with Crippen molar-refractivity contribution in [2.24, 2.45) is 5.73 Å². The van der Waals surface area contributed by atoms with Crippen LogP contribution in [0.4, 0.5) is 13.2 Å². The van der Waals surface area contributed by atoms with E-state index in [1.165, 1.54) is 35.3 Å². The van der Waals surface area contributed by atoms with E-state index >= 15 is 0 Å². The van der Waals surface area contributed by atoms with Crippen molar-refractivity contribution < 1.29 is 27.8 Å². The molecule has 5 aromatic rings. The molecule has 0 saturated heterocycles. The quantitative estimate of drug-likeness (QED) is 0.264. The Morgan fingerprint density at radius 2 is 1.88 bits per heavy atom. The zero-order valence-corrected chi connectivity index (χ0v) is 21.6. The van der Waals surface area contributed by atoms with E-state index in [0.29, 0.717) is 17.0 Å². The van der Waals surface area contributed by atoms with Crippen molar-refractivity contribution in [1.82, 2.24) is 24.1 Å². The lowest BCUT2D eigenvalue weighted by Crippen LogP contribution is -2.32. The number of carboxylic acid groups (broad SMARTS) is 1. The number of alkyl halides is 3. The van der Waals surface area contributed by atoms with Gasteiger partial charge in [0.25, 0.3) is 5.88 Å². The van der Waals surface area contributed by atoms with E-state index in [2.05, 4.69) is 15.1 Å². The van der Waals surface area contributed by atoms with E-state index in [1.807, 2.05) is 0 Å². The smallest absolute Gasteiger partial charge is 0.429 e. The lowest BCUT2D eigenvalue weighted by molar-refractivity contribution is -0.198. The number of carbonyl (C=O) groups is 1. The molecular weight excluding hydrogens is 549 g/mol. The maximum Gasteiger partial charge on any atom is 0.429 e. The third-order valence-electron chi connectivity index (χ3n) is 6.19. The zero-order valence-electron chi connectivity index (χ0n) is 20.9. The molecule has 9 nitrogen and oxygen atoms in total. The second-order valence-electron chi connectivity index (χ2n) is 9.06. The van der Waals surface area contributed by atoms with Crippen LogP contribution < -0.4 is 10.5 Å². The minimum Gasteiger partial charge on any atom is -0.480 e.